The van der Waals surface area contributed by atoms with Gasteiger partial charge in [0.2, 0.25) is 5.88 Å². The van der Waals surface area contributed by atoms with Gasteiger partial charge >= 0.3 is 0 Å². The molecule has 2 aromatic heterocycles. The molecule has 0 radical (unpaired) electrons. The van der Waals surface area contributed by atoms with Crippen LogP contribution >= 0.6 is 22.6 Å². The van der Waals surface area contributed by atoms with Gasteiger partial charge < -0.3 is 14.5 Å². The molecule has 1 N–H and O–H groups in total. The molecule has 7 nitrogen and oxygen atoms in total. The highest BCUT2D eigenvalue weighted by Gasteiger charge is 2.11. The topological polar surface area (TPSA) is 90.0 Å². The van der Waals surface area contributed by atoms with E-state index in [4.69, 9.17) is 9.47 Å². The zero-order valence-electron chi connectivity index (χ0n) is 10.3. The molecule has 0 unspecified atom stereocenters. The van der Waals surface area contributed by atoms with Crippen molar-refractivity contribution in [1.29, 1.82) is 0 Å². The molecule has 0 bridgehead atoms. The Morgan fingerprint density at radius 2 is 2.16 bits per heavy atom. The van der Waals surface area contributed by atoms with Crippen LogP contribution in [0.25, 0.3) is 11.5 Å². The van der Waals surface area contributed by atoms with Gasteiger partial charge in [-0.15, -0.1) is 0 Å². The van der Waals surface area contributed by atoms with Crippen LogP contribution < -0.4 is 10.3 Å². The summed E-state index contributed by atoms with van der Waals surface area (Å²) in [5, 5.41) is 0. The minimum atomic E-state index is -0.227. The number of nitrogens with zero attached hydrogens (tertiary/aromatic N) is 3. The van der Waals surface area contributed by atoms with Crippen LogP contribution in [-0.4, -0.2) is 34.2 Å². The van der Waals surface area contributed by atoms with Crippen molar-refractivity contribution in [2.75, 3.05) is 14.2 Å². The SMILES string of the molecule is COCc1nc(-c2cc(OC)ncn2)[nH]c(=O)c1I. The van der Waals surface area contributed by atoms with E-state index in [0.29, 0.717) is 26.7 Å². The van der Waals surface area contributed by atoms with Gasteiger partial charge in [-0.3, -0.25) is 4.79 Å². The zero-order valence-corrected chi connectivity index (χ0v) is 12.5. The number of aromatic amines is 1. The maximum absolute atomic E-state index is 11.8. The van der Waals surface area contributed by atoms with E-state index in [-0.39, 0.29) is 12.2 Å². The Kier molecular flexibility index (Phi) is 4.43. The monoisotopic (exact) mass is 374 g/mol. The van der Waals surface area contributed by atoms with Crippen molar-refractivity contribution < 1.29 is 9.47 Å². The van der Waals surface area contributed by atoms with E-state index >= 15 is 0 Å². The Bertz CT molecular complexity index is 644. The van der Waals surface area contributed by atoms with Gasteiger partial charge in [-0.25, -0.2) is 15.0 Å². The number of halogens is 1. The molecule has 0 aliphatic heterocycles. The normalized spacial score (nSPS) is 10.5. The van der Waals surface area contributed by atoms with Gasteiger partial charge in [-0.05, 0) is 22.6 Å². The summed E-state index contributed by atoms with van der Waals surface area (Å²) in [6.45, 7) is 0.261. The van der Waals surface area contributed by atoms with Crippen LogP contribution in [0, 0.1) is 3.57 Å². The quantitative estimate of drug-likeness (QED) is 0.803. The number of aromatic nitrogens is 4. The molecule has 0 saturated carbocycles. The van der Waals surface area contributed by atoms with Crippen LogP contribution in [0.2, 0.25) is 0 Å². The first-order chi connectivity index (χ1) is 9.15. The maximum atomic E-state index is 11.8. The molecule has 0 aromatic carbocycles. The number of rotatable bonds is 4. The molecule has 2 aromatic rings. The summed E-state index contributed by atoms with van der Waals surface area (Å²) < 4.78 is 10.5. The van der Waals surface area contributed by atoms with Gasteiger partial charge in [-0.2, -0.15) is 0 Å². The highest BCUT2D eigenvalue weighted by atomic mass is 127. The first kappa shape index (κ1) is 13.9. The summed E-state index contributed by atoms with van der Waals surface area (Å²) in [5.74, 6) is 0.762. The first-order valence-electron chi connectivity index (χ1n) is 5.29. The van der Waals surface area contributed by atoms with E-state index in [1.165, 1.54) is 13.4 Å². The predicted molar refractivity (Wildman–Crippen MR) is 75.9 cm³/mol. The van der Waals surface area contributed by atoms with E-state index in [1.807, 2.05) is 22.6 Å². The molecular formula is C11H11IN4O3. The standard InChI is InChI=1S/C11H11IN4O3/c1-18-4-7-9(12)11(17)16-10(15-7)6-3-8(19-2)14-5-13-6/h3,5H,4H2,1-2H3,(H,15,16,17). The summed E-state index contributed by atoms with van der Waals surface area (Å²) in [4.78, 5) is 26.8. The van der Waals surface area contributed by atoms with Gasteiger partial charge in [0.25, 0.3) is 5.56 Å². The second-order valence-corrected chi connectivity index (χ2v) is 4.63. The third kappa shape index (κ3) is 3.07. The number of hydrogen-bond acceptors (Lipinski definition) is 6. The fourth-order valence-electron chi connectivity index (χ4n) is 1.44. The summed E-state index contributed by atoms with van der Waals surface area (Å²) in [5.41, 5.74) is 0.826. The van der Waals surface area contributed by atoms with Crippen LogP contribution in [-0.2, 0) is 11.3 Å². The average Bonchev–Trinajstić information content (AvgIpc) is 2.44. The number of nitrogens with one attached hydrogen (secondary N) is 1. The molecule has 19 heavy (non-hydrogen) atoms. The first-order valence-corrected chi connectivity index (χ1v) is 6.37. The number of ether oxygens (including phenoxy) is 2. The molecule has 100 valence electrons. The van der Waals surface area contributed by atoms with Gasteiger partial charge in [0.05, 0.1) is 19.4 Å². The van der Waals surface area contributed by atoms with Gasteiger partial charge in [0.1, 0.15) is 15.6 Å². The Balaban J connectivity index is 2.52. The van der Waals surface area contributed by atoms with Crippen molar-refractivity contribution in [2.24, 2.45) is 0 Å². The number of H-pyrrole nitrogens is 1. The molecule has 0 saturated heterocycles. The van der Waals surface area contributed by atoms with Crippen molar-refractivity contribution in [3.63, 3.8) is 0 Å². The van der Waals surface area contributed by atoms with Gasteiger partial charge in [0, 0.05) is 13.2 Å². The highest BCUT2D eigenvalue weighted by Crippen LogP contribution is 2.16. The lowest BCUT2D eigenvalue weighted by Gasteiger charge is -2.06. The van der Waals surface area contributed by atoms with E-state index in [2.05, 4.69) is 19.9 Å². The summed E-state index contributed by atoms with van der Waals surface area (Å²) in [7, 11) is 3.05. The van der Waals surface area contributed by atoms with Crippen LogP contribution in [0.15, 0.2) is 17.2 Å². The lowest BCUT2D eigenvalue weighted by molar-refractivity contribution is 0.180. The fourth-order valence-corrected chi connectivity index (χ4v) is 1.85. The second kappa shape index (κ2) is 6.06. The molecule has 2 heterocycles. The van der Waals surface area contributed by atoms with Crippen molar-refractivity contribution in [2.45, 2.75) is 6.61 Å². The minimum absolute atomic E-state index is 0.227. The van der Waals surface area contributed by atoms with E-state index in [1.54, 1.807) is 13.2 Å². The number of methoxy groups -OCH3 is 2. The molecule has 0 fully saturated rings. The number of hydrogen-bond donors (Lipinski definition) is 1. The molecule has 0 amide bonds. The third-order valence-electron chi connectivity index (χ3n) is 2.31. The lowest BCUT2D eigenvalue weighted by atomic mass is 10.3. The molecule has 0 atom stereocenters. The van der Waals surface area contributed by atoms with Crippen LogP contribution in [0.4, 0.5) is 0 Å². The zero-order chi connectivity index (χ0) is 13.8. The second-order valence-electron chi connectivity index (χ2n) is 3.55. The fraction of sp³-hybridized carbons (Fsp3) is 0.273. The van der Waals surface area contributed by atoms with E-state index in [9.17, 15) is 4.79 Å². The molecule has 0 aliphatic carbocycles. The lowest BCUT2D eigenvalue weighted by Crippen LogP contribution is -2.17. The molecule has 0 aliphatic rings. The molecule has 2 rings (SSSR count). The molecule has 0 spiro atoms. The Labute approximate surface area is 122 Å². The van der Waals surface area contributed by atoms with Crippen LogP contribution in [0.3, 0.4) is 0 Å². The average molecular weight is 374 g/mol. The van der Waals surface area contributed by atoms with E-state index in [0.717, 1.165) is 0 Å². The predicted octanol–water partition coefficient (Wildman–Crippen LogP) is 0.987. The summed E-state index contributed by atoms with van der Waals surface area (Å²) in [6.07, 6.45) is 1.35. The smallest absolute Gasteiger partial charge is 0.265 e. The van der Waals surface area contributed by atoms with Gasteiger partial charge in [0.15, 0.2) is 5.82 Å². The highest BCUT2D eigenvalue weighted by molar-refractivity contribution is 14.1. The van der Waals surface area contributed by atoms with Crippen molar-refractivity contribution in [1.82, 2.24) is 19.9 Å². The maximum Gasteiger partial charge on any atom is 0.265 e. The third-order valence-corrected chi connectivity index (χ3v) is 3.42. The van der Waals surface area contributed by atoms with E-state index < -0.39 is 0 Å². The minimum Gasteiger partial charge on any atom is -0.481 e. The van der Waals surface area contributed by atoms with Crippen molar-refractivity contribution in [3.05, 3.63) is 32.0 Å². The Hall–Kier alpha value is -1.55. The van der Waals surface area contributed by atoms with Crippen molar-refractivity contribution >= 4 is 22.6 Å². The Morgan fingerprint density at radius 1 is 1.37 bits per heavy atom. The summed E-state index contributed by atoms with van der Waals surface area (Å²) in [6, 6.07) is 1.60. The van der Waals surface area contributed by atoms with Crippen molar-refractivity contribution in [3.8, 4) is 17.4 Å². The molecule has 8 heteroatoms. The van der Waals surface area contributed by atoms with Gasteiger partial charge in [-0.1, -0.05) is 0 Å². The van der Waals surface area contributed by atoms with Crippen LogP contribution in [0.1, 0.15) is 5.69 Å². The van der Waals surface area contributed by atoms with Crippen LogP contribution in [0.5, 0.6) is 5.88 Å². The largest absolute Gasteiger partial charge is 0.481 e. The molecular weight excluding hydrogens is 363 g/mol. The summed E-state index contributed by atoms with van der Waals surface area (Å²) >= 11 is 1.93. The Morgan fingerprint density at radius 3 is 2.84 bits per heavy atom.